The molecule has 180 valence electrons. The van der Waals surface area contributed by atoms with Crippen LogP contribution in [-0.4, -0.2) is 50.5 Å². The van der Waals surface area contributed by atoms with Gasteiger partial charge in [0.2, 0.25) is 11.7 Å². The summed E-state index contributed by atoms with van der Waals surface area (Å²) < 4.78 is 21.5. The maximum Gasteiger partial charge on any atom is 0.324 e. The van der Waals surface area contributed by atoms with Crippen LogP contribution in [0.25, 0.3) is 11.4 Å². The number of piperidine rings is 1. The van der Waals surface area contributed by atoms with Gasteiger partial charge in [-0.2, -0.15) is 4.98 Å². The van der Waals surface area contributed by atoms with E-state index in [1.54, 1.807) is 39.5 Å². The van der Waals surface area contributed by atoms with Crippen LogP contribution in [0.3, 0.4) is 0 Å². The topological polar surface area (TPSA) is 99.0 Å². The molecule has 0 atom stereocenters. The fraction of sp³-hybridized carbons (Fsp3) is 0.375. The molecule has 1 fully saturated rings. The largest absolute Gasteiger partial charge is 0.495 e. The van der Waals surface area contributed by atoms with E-state index in [1.165, 1.54) is 0 Å². The lowest BCUT2D eigenvalue weighted by molar-refractivity contribution is -0.120. The van der Waals surface area contributed by atoms with Gasteiger partial charge in [-0.3, -0.25) is 4.79 Å². The normalized spacial score (nSPS) is 14.1. The number of carbonyl (C=O) groups is 1. The molecule has 0 unspecified atom stereocenters. The number of hydrogen-bond acceptors (Lipinski definition) is 8. The molecule has 3 aromatic rings. The summed E-state index contributed by atoms with van der Waals surface area (Å²) in [5.74, 6) is 2.03. The smallest absolute Gasteiger partial charge is 0.324 e. The SMILES string of the molecule is COc1cc(Cl)c(C)cc1NC(=O)C1CCN(c2nc(-c3ccc(OC)c(OC)c3)no2)CC1. The number of halogens is 1. The molecule has 34 heavy (non-hydrogen) atoms. The molecule has 0 saturated carbocycles. The molecule has 2 heterocycles. The summed E-state index contributed by atoms with van der Waals surface area (Å²) in [6, 6.07) is 9.41. The Morgan fingerprint density at radius 1 is 1.06 bits per heavy atom. The molecule has 0 aliphatic carbocycles. The van der Waals surface area contributed by atoms with Gasteiger partial charge in [-0.15, -0.1) is 0 Å². The van der Waals surface area contributed by atoms with E-state index in [0.717, 1.165) is 11.1 Å². The van der Waals surface area contributed by atoms with Gasteiger partial charge in [0.25, 0.3) is 0 Å². The minimum absolute atomic E-state index is 0.0452. The number of nitrogens with one attached hydrogen (secondary N) is 1. The van der Waals surface area contributed by atoms with Crippen LogP contribution in [0.4, 0.5) is 11.7 Å². The highest BCUT2D eigenvalue weighted by Crippen LogP contribution is 2.34. The van der Waals surface area contributed by atoms with Gasteiger partial charge in [-0.1, -0.05) is 16.8 Å². The molecule has 1 aliphatic rings. The lowest BCUT2D eigenvalue weighted by atomic mass is 9.96. The van der Waals surface area contributed by atoms with Crippen molar-refractivity contribution in [1.29, 1.82) is 0 Å². The van der Waals surface area contributed by atoms with Gasteiger partial charge in [-0.05, 0) is 49.6 Å². The molecule has 1 N–H and O–H groups in total. The predicted molar refractivity (Wildman–Crippen MR) is 129 cm³/mol. The van der Waals surface area contributed by atoms with Gasteiger partial charge in [-0.25, -0.2) is 0 Å². The number of amides is 1. The monoisotopic (exact) mass is 486 g/mol. The van der Waals surface area contributed by atoms with Crippen LogP contribution < -0.4 is 24.4 Å². The Morgan fingerprint density at radius 3 is 2.44 bits per heavy atom. The van der Waals surface area contributed by atoms with Crippen LogP contribution in [-0.2, 0) is 4.79 Å². The van der Waals surface area contributed by atoms with E-state index in [4.69, 9.17) is 30.3 Å². The third-order valence-corrected chi connectivity index (χ3v) is 6.34. The molecule has 1 aliphatic heterocycles. The molecule has 0 bridgehead atoms. The number of hydrogen-bond donors (Lipinski definition) is 1. The van der Waals surface area contributed by atoms with E-state index in [9.17, 15) is 4.79 Å². The Balaban J connectivity index is 1.39. The number of nitrogens with zero attached hydrogens (tertiary/aromatic N) is 3. The van der Waals surface area contributed by atoms with Crippen molar-refractivity contribution in [2.45, 2.75) is 19.8 Å². The second-order valence-corrected chi connectivity index (χ2v) is 8.43. The molecule has 0 spiro atoms. The summed E-state index contributed by atoms with van der Waals surface area (Å²) in [4.78, 5) is 19.4. The lowest BCUT2D eigenvalue weighted by Gasteiger charge is -2.29. The molecule has 10 heteroatoms. The maximum absolute atomic E-state index is 12.9. The highest BCUT2D eigenvalue weighted by molar-refractivity contribution is 6.31. The first-order valence-corrected chi connectivity index (χ1v) is 11.3. The Bertz CT molecular complexity index is 1170. The van der Waals surface area contributed by atoms with Crippen LogP contribution >= 0.6 is 11.6 Å². The average molecular weight is 487 g/mol. The van der Waals surface area contributed by atoms with Crippen LogP contribution in [0.1, 0.15) is 18.4 Å². The first-order valence-electron chi connectivity index (χ1n) is 10.9. The summed E-state index contributed by atoms with van der Waals surface area (Å²) in [5, 5.41) is 7.69. The summed E-state index contributed by atoms with van der Waals surface area (Å²) in [6.07, 6.45) is 1.32. The van der Waals surface area contributed by atoms with E-state index in [2.05, 4.69) is 15.5 Å². The maximum atomic E-state index is 12.9. The quantitative estimate of drug-likeness (QED) is 0.518. The Morgan fingerprint density at radius 2 is 1.76 bits per heavy atom. The van der Waals surface area contributed by atoms with Crippen molar-refractivity contribution in [3.05, 3.63) is 40.9 Å². The van der Waals surface area contributed by atoms with Crippen LogP contribution in [0.15, 0.2) is 34.9 Å². The molecule has 0 radical (unpaired) electrons. The van der Waals surface area contributed by atoms with Crippen molar-refractivity contribution in [3.63, 3.8) is 0 Å². The van der Waals surface area contributed by atoms with Crippen molar-refractivity contribution >= 4 is 29.2 Å². The lowest BCUT2D eigenvalue weighted by Crippen LogP contribution is -2.38. The van der Waals surface area contributed by atoms with Crippen molar-refractivity contribution in [3.8, 4) is 28.6 Å². The van der Waals surface area contributed by atoms with Crippen LogP contribution in [0, 0.1) is 12.8 Å². The predicted octanol–water partition coefficient (Wildman–Crippen LogP) is 4.58. The highest BCUT2D eigenvalue weighted by atomic mass is 35.5. The van der Waals surface area contributed by atoms with Crippen LogP contribution in [0.5, 0.6) is 17.2 Å². The average Bonchev–Trinajstić information content (AvgIpc) is 3.36. The summed E-state index contributed by atoms with van der Waals surface area (Å²) in [5.41, 5.74) is 2.25. The molecular formula is C24H27ClN4O5. The minimum atomic E-state index is -0.134. The summed E-state index contributed by atoms with van der Waals surface area (Å²) in [7, 11) is 4.71. The molecule has 1 aromatic heterocycles. The van der Waals surface area contributed by atoms with Crippen molar-refractivity contribution in [1.82, 2.24) is 10.1 Å². The van der Waals surface area contributed by atoms with E-state index in [1.807, 2.05) is 24.0 Å². The number of anilines is 2. The first kappa shape index (κ1) is 23.7. The summed E-state index contributed by atoms with van der Waals surface area (Å²) >= 11 is 6.16. The van der Waals surface area contributed by atoms with Gasteiger partial charge in [0.15, 0.2) is 11.5 Å². The number of aromatic nitrogens is 2. The minimum Gasteiger partial charge on any atom is -0.495 e. The number of carbonyl (C=O) groups excluding carboxylic acids is 1. The second kappa shape index (κ2) is 10.2. The standard InChI is InChI=1S/C24H27ClN4O5/c1-14-11-18(20(32-3)13-17(14)25)26-23(30)15-7-9-29(10-8-15)24-27-22(28-34-24)16-5-6-19(31-2)21(12-16)33-4/h5-6,11-13,15H,7-10H2,1-4H3,(H,26,30). The van der Waals surface area contributed by atoms with E-state index >= 15 is 0 Å². The molecule has 9 nitrogen and oxygen atoms in total. The number of methoxy groups -OCH3 is 3. The Labute approximate surface area is 202 Å². The second-order valence-electron chi connectivity index (χ2n) is 8.02. The van der Waals surface area contributed by atoms with Gasteiger partial charge >= 0.3 is 6.01 Å². The number of rotatable bonds is 7. The molecule has 4 rings (SSSR count). The van der Waals surface area contributed by atoms with Crippen LogP contribution in [0.2, 0.25) is 5.02 Å². The van der Waals surface area contributed by atoms with Crippen molar-refractivity contribution in [2.24, 2.45) is 5.92 Å². The zero-order valence-corrected chi connectivity index (χ0v) is 20.3. The van der Waals surface area contributed by atoms with Gasteiger partial charge in [0.1, 0.15) is 5.75 Å². The fourth-order valence-electron chi connectivity index (χ4n) is 3.93. The number of benzene rings is 2. The zero-order chi connectivity index (χ0) is 24.2. The van der Waals surface area contributed by atoms with Crippen molar-refractivity contribution in [2.75, 3.05) is 44.6 Å². The van der Waals surface area contributed by atoms with Gasteiger partial charge in [0, 0.05) is 35.7 Å². The third kappa shape index (κ3) is 4.89. The Hall–Kier alpha value is -3.46. The molecular weight excluding hydrogens is 460 g/mol. The van der Waals surface area contributed by atoms with E-state index in [0.29, 0.717) is 65.7 Å². The van der Waals surface area contributed by atoms with Gasteiger partial charge in [0.05, 0.1) is 27.0 Å². The highest BCUT2D eigenvalue weighted by Gasteiger charge is 2.28. The molecule has 2 aromatic carbocycles. The fourth-order valence-corrected chi connectivity index (χ4v) is 4.09. The van der Waals surface area contributed by atoms with E-state index < -0.39 is 0 Å². The molecule has 1 saturated heterocycles. The number of aryl methyl sites for hydroxylation is 1. The molecule has 1 amide bonds. The van der Waals surface area contributed by atoms with Gasteiger partial charge < -0.3 is 29.0 Å². The zero-order valence-electron chi connectivity index (χ0n) is 19.6. The number of ether oxygens (including phenoxy) is 3. The third-order valence-electron chi connectivity index (χ3n) is 5.93. The summed E-state index contributed by atoms with van der Waals surface area (Å²) in [6.45, 7) is 3.14. The van der Waals surface area contributed by atoms with Crippen molar-refractivity contribution < 1.29 is 23.5 Å². The van der Waals surface area contributed by atoms with E-state index in [-0.39, 0.29) is 11.8 Å². The first-order chi connectivity index (χ1) is 16.4. The Kier molecular flexibility index (Phi) is 7.12.